The Kier molecular flexibility index (Phi) is 5.40. The molecule has 3 rings (SSSR count). The molecule has 0 aliphatic rings. The summed E-state index contributed by atoms with van der Waals surface area (Å²) in [5.41, 5.74) is 6.50. The minimum Gasteiger partial charge on any atom is -0.387 e. The fourth-order valence-corrected chi connectivity index (χ4v) is 2.14. The molecule has 5 heteroatoms. The van der Waals surface area contributed by atoms with Crippen molar-refractivity contribution in [2.45, 2.75) is 19.9 Å². The lowest BCUT2D eigenvalue weighted by molar-refractivity contribution is 0.673. The number of imidazole rings is 1. The Morgan fingerprint density at radius 1 is 1.14 bits per heavy atom. The van der Waals surface area contributed by atoms with Crippen LogP contribution in [0.2, 0.25) is 0 Å². The van der Waals surface area contributed by atoms with Gasteiger partial charge in [0.2, 0.25) is 0 Å². The van der Waals surface area contributed by atoms with Gasteiger partial charge in [-0.05, 0) is 18.6 Å². The molecular weight excluding hydrogens is 280 g/mol. The molecule has 0 unspecified atom stereocenters. The second-order valence-electron chi connectivity index (χ2n) is 4.50. The topological polar surface area (TPSA) is 56.7 Å². The fourth-order valence-electron chi connectivity index (χ4n) is 1.97. The first kappa shape index (κ1) is 15.1. The summed E-state index contributed by atoms with van der Waals surface area (Å²) in [6.45, 7) is 3.02. The van der Waals surface area contributed by atoms with E-state index in [2.05, 4.69) is 29.0 Å². The van der Waals surface area contributed by atoms with Crippen LogP contribution < -0.4 is 5.73 Å². The maximum absolute atomic E-state index is 5.44. The summed E-state index contributed by atoms with van der Waals surface area (Å²) in [4.78, 5) is 8.58. The fraction of sp³-hybridized carbons (Fsp3) is 0.188. The molecule has 0 saturated carbocycles. The van der Waals surface area contributed by atoms with Gasteiger partial charge in [0.1, 0.15) is 4.99 Å². The van der Waals surface area contributed by atoms with E-state index in [9.17, 15) is 0 Å². The van der Waals surface area contributed by atoms with Crippen LogP contribution >= 0.6 is 12.2 Å². The second kappa shape index (κ2) is 7.50. The summed E-state index contributed by atoms with van der Waals surface area (Å²) in [5.74, 6) is 0.710. The first-order chi connectivity index (χ1) is 10.2. The van der Waals surface area contributed by atoms with Crippen molar-refractivity contribution in [2.75, 3.05) is 0 Å². The van der Waals surface area contributed by atoms with Gasteiger partial charge in [0, 0.05) is 30.5 Å². The zero-order chi connectivity index (χ0) is 15.1. The number of pyridine rings is 1. The lowest BCUT2D eigenvalue weighted by Crippen LogP contribution is -2.16. The van der Waals surface area contributed by atoms with E-state index in [1.165, 1.54) is 5.39 Å². The monoisotopic (exact) mass is 298 g/mol. The Labute approximate surface area is 129 Å². The van der Waals surface area contributed by atoms with Crippen molar-refractivity contribution in [3.8, 4) is 0 Å². The molecule has 0 atom stereocenters. The van der Waals surface area contributed by atoms with Gasteiger partial charge in [0.15, 0.2) is 5.82 Å². The molecule has 4 nitrogen and oxygen atoms in total. The van der Waals surface area contributed by atoms with E-state index in [1.807, 2.05) is 41.2 Å². The molecule has 2 aromatic heterocycles. The SMILES string of the molecule is CCCn1ccnc1C(N)=S.c1ccc2ncccc2c1. The highest BCUT2D eigenvalue weighted by molar-refractivity contribution is 7.80. The van der Waals surface area contributed by atoms with Gasteiger partial charge >= 0.3 is 0 Å². The van der Waals surface area contributed by atoms with E-state index in [1.54, 1.807) is 6.20 Å². The van der Waals surface area contributed by atoms with Crippen LogP contribution in [0.3, 0.4) is 0 Å². The quantitative estimate of drug-likeness (QED) is 0.755. The number of benzene rings is 1. The number of fused-ring (bicyclic) bond motifs is 1. The summed E-state index contributed by atoms with van der Waals surface area (Å²) in [5, 5.41) is 1.20. The molecule has 1 aromatic carbocycles. The van der Waals surface area contributed by atoms with Crippen LogP contribution in [0.1, 0.15) is 19.2 Å². The van der Waals surface area contributed by atoms with E-state index in [0.29, 0.717) is 10.8 Å². The van der Waals surface area contributed by atoms with Crippen molar-refractivity contribution in [3.05, 3.63) is 60.8 Å². The van der Waals surface area contributed by atoms with Gasteiger partial charge < -0.3 is 10.3 Å². The Morgan fingerprint density at radius 3 is 2.62 bits per heavy atom. The second-order valence-corrected chi connectivity index (χ2v) is 4.94. The molecular formula is C16H18N4S. The largest absolute Gasteiger partial charge is 0.387 e. The van der Waals surface area contributed by atoms with Crippen LogP contribution in [0.25, 0.3) is 10.9 Å². The number of hydrogen-bond acceptors (Lipinski definition) is 3. The predicted octanol–water partition coefficient (Wildman–Crippen LogP) is 3.16. The standard InChI is InChI=1S/C9H7N.C7H11N3S/c1-2-6-9-8(4-1)5-3-7-10-9;1-2-4-10-5-3-9-7(10)6(8)11/h1-7H;3,5H,2,4H2,1H3,(H2,8,11). The van der Waals surface area contributed by atoms with E-state index in [0.717, 1.165) is 18.5 Å². The summed E-state index contributed by atoms with van der Waals surface area (Å²) in [6.07, 6.45) is 6.47. The highest BCUT2D eigenvalue weighted by atomic mass is 32.1. The molecule has 2 N–H and O–H groups in total. The highest BCUT2D eigenvalue weighted by Crippen LogP contribution is 2.07. The smallest absolute Gasteiger partial charge is 0.167 e. The molecule has 0 fully saturated rings. The number of hydrogen-bond donors (Lipinski definition) is 1. The van der Waals surface area contributed by atoms with Gasteiger partial charge in [0.25, 0.3) is 0 Å². The number of rotatable bonds is 3. The Hall–Kier alpha value is -2.27. The van der Waals surface area contributed by atoms with E-state index in [-0.39, 0.29) is 0 Å². The normalized spacial score (nSPS) is 9.95. The zero-order valence-electron chi connectivity index (χ0n) is 11.9. The van der Waals surface area contributed by atoms with Crippen LogP contribution in [0, 0.1) is 0 Å². The molecule has 0 radical (unpaired) electrons. The Balaban J connectivity index is 0.000000154. The Bertz CT molecular complexity index is 655. The van der Waals surface area contributed by atoms with Crippen LogP contribution in [0.5, 0.6) is 0 Å². The molecule has 0 amide bonds. The van der Waals surface area contributed by atoms with Gasteiger partial charge in [-0.15, -0.1) is 0 Å². The minimum atomic E-state index is 0.364. The third-order valence-corrected chi connectivity index (χ3v) is 3.10. The molecule has 0 bridgehead atoms. The number of aromatic nitrogens is 3. The number of para-hydroxylation sites is 1. The van der Waals surface area contributed by atoms with E-state index in [4.69, 9.17) is 18.0 Å². The summed E-state index contributed by atoms with van der Waals surface area (Å²) < 4.78 is 1.96. The molecule has 0 spiro atoms. The summed E-state index contributed by atoms with van der Waals surface area (Å²) >= 11 is 4.81. The molecule has 0 aliphatic carbocycles. The third kappa shape index (κ3) is 4.10. The predicted molar refractivity (Wildman–Crippen MR) is 90.1 cm³/mol. The van der Waals surface area contributed by atoms with Crippen molar-refractivity contribution >= 4 is 28.1 Å². The van der Waals surface area contributed by atoms with Crippen molar-refractivity contribution in [1.29, 1.82) is 0 Å². The van der Waals surface area contributed by atoms with Crippen molar-refractivity contribution in [2.24, 2.45) is 5.73 Å². The Morgan fingerprint density at radius 2 is 1.90 bits per heavy atom. The van der Waals surface area contributed by atoms with Gasteiger partial charge in [-0.25, -0.2) is 4.98 Å². The highest BCUT2D eigenvalue weighted by Gasteiger charge is 2.02. The molecule has 108 valence electrons. The van der Waals surface area contributed by atoms with Crippen LogP contribution in [0.4, 0.5) is 0 Å². The number of nitrogens with two attached hydrogens (primary N) is 1. The van der Waals surface area contributed by atoms with Gasteiger partial charge in [-0.1, -0.05) is 43.4 Å². The lowest BCUT2D eigenvalue weighted by atomic mass is 10.2. The molecule has 2 heterocycles. The maximum atomic E-state index is 5.44. The lowest BCUT2D eigenvalue weighted by Gasteiger charge is -2.02. The van der Waals surface area contributed by atoms with Gasteiger partial charge in [-0.2, -0.15) is 0 Å². The summed E-state index contributed by atoms with van der Waals surface area (Å²) in [6, 6.07) is 12.1. The number of aryl methyl sites for hydroxylation is 1. The van der Waals surface area contributed by atoms with Crippen molar-refractivity contribution in [1.82, 2.24) is 14.5 Å². The van der Waals surface area contributed by atoms with Gasteiger partial charge in [0.05, 0.1) is 5.52 Å². The minimum absolute atomic E-state index is 0.364. The van der Waals surface area contributed by atoms with E-state index >= 15 is 0 Å². The molecule has 21 heavy (non-hydrogen) atoms. The third-order valence-electron chi connectivity index (χ3n) is 2.91. The van der Waals surface area contributed by atoms with Crippen molar-refractivity contribution < 1.29 is 0 Å². The average Bonchev–Trinajstić information content (AvgIpc) is 2.97. The zero-order valence-corrected chi connectivity index (χ0v) is 12.8. The van der Waals surface area contributed by atoms with Crippen LogP contribution in [-0.2, 0) is 6.54 Å². The molecule has 3 aromatic rings. The summed E-state index contributed by atoms with van der Waals surface area (Å²) in [7, 11) is 0. The first-order valence-electron chi connectivity index (χ1n) is 6.83. The first-order valence-corrected chi connectivity index (χ1v) is 7.24. The average molecular weight is 298 g/mol. The number of thiocarbonyl (C=S) groups is 1. The van der Waals surface area contributed by atoms with Gasteiger partial charge in [-0.3, -0.25) is 4.98 Å². The number of nitrogens with zero attached hydrogens (tertiary/aromatic N) is 3. The van der Waals surface area contributed by atoms with E-state index < -0.39 is 0 Å². The van der Waals surface area contributed by atoms with Crippen LogP contribution in [-0.4, -0.2) is 19.5 Å². The molecule has 0 aliphatic heterocycles. The maximum Gasteiger partial charge on any atom is 0.167 e. The molecule has 0 saturated heterocycles. The van der Waals surface area contributed by atoms with Crippen LogP contribution in [0.15, 0.2) is 55.0 Å². The van der Waals surface area contributed by atoms with Crippen molar-refractivity contribution in [3.63, 3.8) is 0 Å².